The van der Waals surface area contributed by atoms with Gasteiger partial charge in [0.1, 0.15) is 11.3 Å². The Morgan fingerprint density at radius 2 is 1.70 bits per heavy atom. The Hall–Kier alpha value is -0.980. The van der Waals surface area contributed by atoms with Crippen molar-refractivity contribution >= 4 is 0 Å². The molecule has 2 N–H and O–H groups in total. The van der Waals surface area contributed by atoms with Gasteiger partial charge in [0.2, 0.25) is 0 Å². The second kappa shape index (κ2) is 4.51. The number of hydroxylamine groups is 2. The van der Waals surface area contributed by atoms with E-state index in [0.717, 1.165) is 12.8 Å². The van der Waals surface area contributed by atoms with Crippen molar-refractivity contribution in [2.45, 2.75) is 77.1 Å². The first-order valence-electron chi connectivity index (χ1n) is 7.07. The fourth-order valence-corrected chi connectivity index (χ4v) is 3.14. The first kappa shape index (κ1) is 15.4. The average molecular weight is 282 g/mol. The summed E-state index contributed by atoms with van der Waals surface area (Å²) in [6.07, 6.45) is 3.37. The van der Waals surface area contributed by atoms with Gasteiger partial charge >= 0.3 is 0 Å². The van der Waals surface area contributed by atoms with Gasteiger partial charge in [0, 0.05) is 11.1 Å². The van der Waals surface area contributed by atoms with Crippen LogP contribution in [0.15, 0.2) is 6.20 Å². The lowest BCUT2D eigenvalue weighted by Gasteiger charge is -2.51. The summed E-state index contributed by atoms with van der Waals surface area (Å²) in [6.45, 7) is 11.5. The summed E-state index contributed by atoms with van der Waals surface area (Å²) in [5.41, 5.74) is -1.07. The van der Waals surface area contributed by atoms with Crippen molar-refractivity contribution in [1.29, 1.82) is 0 Å². The van der Waals surface area contributed by atoms with Crippen LogP contribution in [0.1, 0.15) is 66.1 Å². The Balaban J connectivity index is 2.28. The largest absolute Gasteiger partial charge is 0.384 e. The molecule has 0 spiro atoms. The van der Waals surface area contributed by atoms with Gasteiger partial charge in [0.05, 0.1) is 12.2 Å². The van der Waals surface area contributed by atoms with Gasteiger partial charge in [-0.2, -0.15) is 5.06 Å². The maximum atomic E-state index is 10.3. The van der Waals surface area contributed by atoms with Crippen molar-refractivity contribution in [2.75, 3.05) is 0 Å². The molecular weight excluding hydrogens is 256 g/mol. The highest BCUT2D eigenvalue weighted by Gasteiger charge is 2.46. The van der Waals surface area contributed by atoms with Gasteiger partial charge in [0.25, 0.3) is 0 Å². The molecule has 2 rings (SSSR count). The van der Waals surface area contributed by atoms with Crippen LogP contribution in [0, 0.1) is 0 Å². The third-order valence-electron chi connectivity index (χ3n) is 4.13. The normalized spacial score (nSPS) is 24.0. The lowest BCUT2D eigenvalue weighted by atomic mass is 9.79. The number of aliphatic hydroxyl groups is 1. The zero-order valence-electron chi connectivity index (χ0n) is 13.3. The van der Waals surface area contributed by atoms with E-state index in [0.29, 0.717) is 5.69 Å². The van der Waals surface area contributed by atoms with Crippen LogP contribution in [0.3, 0.4) is 0 Å². The molecule has 0 aromatic carbocycles. The molecule has 1 aliphatic heterocycles. The van der Waals surface area contributed by atoms with Gasteiger partial charge in [-0.05, 0) is 54.4 Å². The molecule has 1 saturated heterocycles. The van der Waals surface area contributed by atoms with Crippen LogP contribution in [-0.4, -0.2) is 41.4 Å². The van der Waals surface area contributed by atoms with Gasteiger partial charge in [-0.1, -0.05) is 5.21 Å². The van der Waals surface area contributed by atoms with Crippen molar-refractivity contribution < 1.29 is 10.3 Å². The third-order valence-corrected chi connectivity index (χ3v) is 4.13. The SMILES string of the molecule is CC(C)(O)c1cn(C2CC(C)(C)N(O)C(C)(C)C2)nn1. The standard InChI is InChI=1S/C14H26N4O2/c1-12(2)7-10(8-13(3,4)18(12)20)17-9-11(15-16-17)14(5,6)19/h9-10,19-20H,7-8H2,1-6H3. The van der Waals surface area contributed by atoms with Crippen molar-refractivity contribution in [3.63, 3.8) is 0 Å². The molecule has 0 unspecified atom stereocenters. The Kier molecular flexibility index (Phi) is 3.48. The lowest BCUT2D eigenvalue weighted by molar-refractivity contribution is -0.249. The highest BCUT2D eigenvalue weighted by Crippen LogP contribution is 2.42. The van der Waals surface area contributed by atoms with E-state index in [1.807, 2.05) is 38.6 Å². The van der Waals surface area contributed by atoms with Crippen LogP contribution in [-0.2, 0) is 5.60 Å². The van der Waals surface area contributed by atoms with E-state index in [1.165, 1.54) is 5.06 Å². The zero-order chi connectivity index (χ0) is 15.3. The van der Waals surface area contributed by atoms with Crippen LogP contribution in [0.2, 0.25) is 0 Å². The van der Waals surface area contributed by atoms with Gasteiger partial charge in [-0.15, -0.1) is 5.10 Å². The molecule has 20 heavy (non-hydrogen) atoms. The van der Waals surface area contributed by atoms with E-state index < -0.39 is 5.60 Å². The maximum Gasteiger partial charge on any atom is 0.114 e. The third kappa shape index (κ3) is 2.73. The summed E-state index contributed by atoms with van der Waals surface area (Å²) < 4.78 is 1.82. The molecule has 0 bridgehead atoms. The molecule has 0 radical (unpaired) electrons. The number of hydrogen-bond donors (Lipinski definition) is 2. The number of rotatable bonds is 2. The Morgan fingerprint density at radius 1 is 1.20 bits per heavy atom. The van der Waals surface area contributed by atoms with E-state index in [4.69, 9.17) is 0 Å². The molecule has 114 valence electrons. The van der Waals surface area contributed by atoms with Gasteiger partial charge in [-0.3, -0.25) is 0 Å². The van der Waals surface area contributed by atoms with E-state index in [2.05, 4.69) is 10.3 Å². The van der Waals surface area contributed by atoms with Crippen molar-refractivity contribution in [2.24, 2.45) is 0 Å². The number of hydrogen-bond acceptors (Lipinski definition) is 5. The zero-order valence-corrected chi connectivity index (χ0v) is 13.3. The number of piperidine rings is 1. The fourth-order valence-electron chi connectivity index (χ4n) is 3.14. The highest BCUT2D eigenvalue weighted by molar-refractivity contribution is 5.05. The van der Waals surface area contributed by atoms with E-state index in [9.17, 15) is 10.3 Å². The van der Waals surface area contributed by atoms with Crippen LogP contribution < -0.4 is 0 Å². The minimum atomic E-state index is -0.985. The second-order valence-corrected chi connectivity index (χ2v) is 7.64. The molecule has 0 aliphatic carbocycles. The fraction of sp³-hybridized carbons (Fsp3) is 0.857. The highest BCUT2D eigenvalue weighted by atomic mass is 16.5. The predicted octanol–water partition coefficient (Wildman–Crippen LogP) is 2.09. The molecule has 1 fully saturated rings. The van der Waals surface area contributed by atoms with E-state index >= 15 is 0 Å². The molecule has 1 aliphatic rings. The molecule has 0 atom stereocenters. The quantitative estimate of drug-likeness (QED) is 0.869. The molecule has 1 aromatic rings. The Morgan fingerprint density at radius 3 is 2.10 bits per heavy atom. The van der Waals surface area contributed by atoms with Gasteiger partial charge in [0.15, 0.2) is 0 Å². The number of aromatic nitrogens is 3. The lowest BCUT2D eigenvalue weighted by Crippen LogP contribution is -2.59. The van der Waals surface area contributed by atoms with Gasteiger partial charge < -0.3 is 10.3 Å². The molecule has 6 heteroatoms. The minimum absolute atomic E-state index is 0.159. The molecule has 2 heterocycles. The number of nitrogens with zero attached hydrogens (tertiary/aromatic N) is 4. The van der Waals surface area contributed by atoms with E-state index in [1.54, 1.807) is 13.8 Å². The summed E-state index contributed by atoms with van der Waals surface area (Å²) in [6, 6.07) is 0.159. The molecule has 0 saturated carbocycles. The summed E-state index contributed by atoms with van der Waals surface area (Å²) >= 11 is 0. The van der Waals surface area contributed by atoms with E-state index in [-0.39, 0.29) is 17.1 Å². The summed E-state index contributed by atoms with van der Waals surface area (Å²) in [5.74, 6) is 0. The smallest absolute Gasteiger partial charge is 0.114 e. The molecule has 6 nitrogen and oxygen atoms in total. The molecular formula is C14H26N4O2. The Labute approximate surface area is 120 Å². The Bertz CT molecular complexity index is 470. The van der Waals surface area contributed by atoms with Crippen molar-refractivity contribution in [3.05, 3.63) is 11.9 Å². The molecule has 1 aromatic heterocycles. The first-order chi connectivity index (χ1) is 8.93. The van der Waals surface area contributed by atoms with Crippen molar-refractivity contribution in [1.82, 2.24) is 20.1 Å². The predicted molar refractivity (Wildman–Crippen MR) is 75.3 cm³/mol. The first-order valence-corrected chi connectivity index (χ1v) is 7.07. The van der Waals surface area contributed by atoms with Crippen LogP contribution in [0.25, 0.3) is 0 Å². The van der Waals surface area contributed by atoms with Crippen LogP contribution in [0.4, 0.5) is 0 Å². The maximum absolute atomic E-state index is 10.3. The van der Waals surface area contributed by atoms with Gasteiger partial charge in [-0.25, -0.2) is 4.68 Å². The summed E-state index contributed by atoms with van der Waals surface area (Å²) in [4.78, 5) is 0. The van der Waals surface area contributed by atoms with Crippen LogP contribution in [0.5, 0.6) is 0 Å². The average Bonchev–Trinajstić information content (AvgIpc) is 2.73. The van der Waals surface area contributed by atoms with Crippen molar-refractivity contribution in [3.8, 4) is 0 Å². The topological polar surface area (TPSA) is 74.4 Å². The monoisotopic (exact) mass is 282 g/mol. The molecule has 0 amide bonds. The second-order valence-electron chi connectivity index (χ2n) is 7.64. The summed E-state index contributed by atoms with van der Waals surface area (Å²) in [5, 5.41) is 30.0. The van der Waals surface area contributed by atoms with Crippen LogP contribution >= 0.6 is 0 Å². The minimum Gasteiger partial charge on any atom is -0.384 e. The summed E-state index contributed by atoms with van der Waals surface area (Å²) in [7, 11) is 0.